The van der Waals surface area contributed by atoms with Gasteiger partial charge >= 0.3 is 0 Å². The van der Waals surface area contributed by atoms with Crippen molar-refractivity contribution in [3.05, 3.63) is 113 Å². The van der Waals surface area contributed by atoms with Crippen molar-refractivity contribution in [2.24, 2.45) is 0 Å². The highest BCUT2D eigenvalue weighted by atomic mass is 35.5. The van der Waals surface area contributed by atoms with Crippen LogP contribution in [0.4, 0.5) is 5.82 Å². The molecule has 32 heavy (non-hydrogen) atoms. The van der Waals surface area contributed by atoms with Gasteiger partial charge in [0.15, 0.2) is 11.6 Å². The van der Waals surface area contributed by atoms with E-state index in [-0.39, 0.29) is 5.91 Å². The quantitative estimate of drug-likeness (QED) is 0.385. The lowest BCUT2D eigenvalue weighted by molar-refractivity contribution is 0.102. The first-order valence-corrected chi connectivity index (χ1v) is 10.3. The van der Waals surface area contributed by atoms with E-state index >= 15 is 0 Å². The average molecular weight is 446 g/mol. The lowest BCUT2D eigenvalue weighted by Crippen LogP contribution is -2.14. The molecule has 4 aromatic rings. The first-order valence-electron chi connectivity index (χ1n) is 9.93. The van der Waals surface area contributed by atoms with E-state index in [4.69, 9.17) is 21.1 Å². The minimum Gasteiger partial charge on any atom is -0.489 e. The number of anilines is 1. The number of hydrogen-bond donors (Lipinski definition) is 1. The first kappa shape index (κ1) is 21.3. The molecule has 0 fully saturated rings. The van der Waals surface area contributed by atoms with E-state index in [0.717, 1.165) is 11.1 Å². The monoisotopic (exact) mass is 445 g/mol. The normalized spacial score (nSPS) is 10.4. The lowest BCUT2D eigenvalue weighted by atomic mass is 10.2. The molecule has 0 unspecified atom stereocenters. The van der Waals surface area contributed by atoms with Crippen molar-refractivity contribution < 1.29 is 14.3 Å². The highest BCUT2D eigenvalue weighted by Crippen LogP contribution is 2.24. The number of pyridine rings is 2. The third-order valence-electron chi connectivity index (χ3n) is 4.54. The van der Waals surface area contributed by atoms with Crippen molar-refractivity contribution in [2.75, 3.05) is 5.32 Å². The molecular formula is C25H20ClN3O3. The van der Waals surface area contributed by atoms with Crippen LogP contribution in [0.25, 0.3) is 0 Å². The summed E-state index contributed by atoms with van der Waals surface area (Å²) in [6.07, 6.45) is 5.00. The maximum atomic E-state index is 12.8. The minimum absolute atomic E-state index is 0.314. The Balaban J connectivity index is 1.41. The van der Waals surface area contributed by atoms with Crippen LogP contribution in [-0.2, 0) is 13.2 Å². The van der Waals surface area contributed by atoms with Crippen molar-refractivity contribution in [1.82, 2.24) is 9.97 Å². The summed E-state index contributed by atoms with van der Waals surface area (Å²) in [6.45, 7) is 0.683. The van der Waals surface area contributed by atoms with Gasteiger partial charge in [0.05, 0.1) is 0 Å². The molecule has 0 aliphatic heterocycles. The van der Waals surface area contributed by atoms with Crippen molar-refractivity contribution in [3.8, 4) is 11.5 Å². The number of halogens is 1. The Morgan fingerprint density at radius 1 is 0.844 bits per heavy atom. The van der Waals surface area contributed by atoms with Gasteiger partial charge in [0.2, 0.25) is 0 Å². The third-order valence-corrected chi connectivity index (χ3v) is 4.77. The highest BCUT2D eigenvalue weighted by Gasteiger charge is 2.12. The van der Waals surface area contributed by atoms with Crippen molar-refractivity contribution in [3.63, 3.8) is 0 Å². The van der Waals surface area contributed by atoms with Gasteiger partial charge in [0, 0.05) is 29.2 Å². The number of carbonyl (C=O) groups is 1. The Labute approximate surface area is 190 Å². The molecule has 1 N–H and O–H groups in total. The molecular weight excluding hydrogens is 426 g/mol. The molecule has 0 aliphatic carbocycles. The fourth-order valence-corrected chi connectivity index (χ4v) is 3.15. The van der Waals surface area contributed by atoms with Crippen LogP contribution in [0.3, 0.4) is 0 Å². The maximum Gasteiger partial charge on any atom is 0.257 e. The van der Waals surface area contributed by atoms with Crippen molar-refractivity contribution >= 4 is 23.3 Å². The Morgan fingerprint density at radius 3 is 2.50 bits per heavy atom. The number of amides is 1. The van der Waals surface area contributed by atoms with Crippen molar-refractivity contribution in [1.29, 1.82) is 0 Å². The molecule has 0 saturated heterocycles. The maximum absolute atomic E-state index is 12.8. The zero-order chi connectivity index (χ0) is 22.2. The largest absolute Gasteiger partial charge is 0.489 e. The zero-order valence-corrected chi connectivity index (χ0v) is 17.8. The number of carbonyl (C=O) groups excluding carboxylic acids is 1. The van der Waals surface area contributed by atoms with E-state index in [0.29, 0.717) is 41.1 Å². The number of hydrogen-bond acceptors (Lipinski definition) is 5. The molecule has 1 amide bonds. The summed E-state index contributed by atoms with van der Waals surface area (Å²) < 4.78 is 11.7. The number of nitrogens with zero attached hydrogens (tertiary/aromatic N) is 2. The van der Waals surface area contributed by atoms with Crippen LogP contribution >= 0.6 is 11.6 Å². The summed E-state index contributed by atoms with van der Waals surface area (Å²) in [4.78, 5) is 21.1. The second kappa shape index (κ2) is 10.4. The summed E-state index contributed by atoms with van der Waals surface area (Å²) in [5.74, 6) is 1.08. The van der Waals surface area contributed by atoms with Crippen LogP contribution in [0.5, 0.6) is 11.5 Å². The molecule has 160 valence electrons. The summed E-state index contributed by atoms with van der Waals surface area (Å²) in [7, 11) is 0. The Morgan fingerprint density at radius 2 is 1.66 bits per heavy atom. The minimum atomic E-state index is -0.314. The molecule has 2 aromatic carbocycles. The second-order valence-corrected chi connectivity index (χ2v) is 7.33. The van der Waals surface area contributed by atoms with E-state index in [1.807, 2.05) is 36.4 Å². The standard InChI is InChI=1S/C25H20ClN3O3/c26-21-6-1-4-19(14-21)17-31-22-7-2-5-20(15-22)25(30)29-24-23(8-3-11-28-24)32-16-18-9-12-27-13-10-18/h1-15H,16-17H2,(H,28,29,30). The van der Waals surface area contributed by atoms with Gasteiger partial charge in [0.1, 0.15) is 19.0 Å². The lowest BCUT2D eigenvalue weighted by Gasteiger charge is -2.12. The average Bonchev–Trinajstić information content (AvgIpc) is 2.83. The molecule has 2 aromatic heterocycles. The third kappa shape index (κ3) is 5.83. The van der Waals surface area contributed by atoms with Gasteiger partial charge in [-0.05, 0) is 65.7 Å². The molecule has 0 aliphatic rings. The molecule has 0 atom stereocenters. The second-order valence-electron chi connectivity index (χ2n) is 6.89. The van der Waals surface area contributed by atoms with Gasteiger partial charge in [-0.1, -0.05) is 29.8 Å². The van der Waals surface area contributed by atoms with E-state index in [1.54, 1.807) is 55.0 Å². The van der Waals surface area contributed by atoms with Gasteiger partial charge < -0.3 is 14.8 Å². The molecule has 0 radical (unpaired) electrons. The van der Waals surface area contributed by atoms with Gasteiger partial charge in [0.25, 0.3) is 5.91 Å². The van der Waals surface area contributed by atoms with Crippen LogP contribution in [0, 0.1) is 0 Å². The first-order chi connectivity index (χ1) is 15.7. The van der Waals surface area contributed by atoms with Crippen LogP contribution in [0.15, 0.2) is 91.4 Å². The molecule has 0 spiro atoms. The Hall–Kier alpha value is -3.90. The topological polar surface area (TPSA) is 73.3 Å². The van der Waals surface area contributed by atoms with Crippen LogP contribution in [-0.4, -0.2) is 15.9 Å². The number of ether oxygens (including phenoxy) is 2. The van der Waals surface area contributed by atoms with E-state index in [9.17, 15) is 4.79 Å². The smallest absolute Gasteiger partial charge is 0.257 e. The summed E-state index contributed by atoms with van der Waals surface area (Å²) in [5.41, 5.74) is 2.35. The van der Waals surface area contributed by atoms with E-state index in [1.165, 1.54) is 0 Å². The van der Waals surface area contributed by atoms with Crippen LogP contribution < -0.4 is 14.8 Å². The molecule has 4 rings (SSSR count). The molecule has 7 heteroatoms. The van der Waals surface area contributed by atoms with Gasteiger partial charge in [-0.25, -0.2) is 4.98 Å². The molecule has 0 saturated carbocycles. The van der Waals surface area contributed by atoms with Gasteiger partial charge in [-0.3, -0.25) is 9.78 Å². The van der Waals surface area contributed by atoms with E-state index in [2.05, 4.69) is 15.3 Å². The summed E-state index contributed by atoms with van der Waals surface area (Å²) in [6, 6.07) is 21.6. The number of nitrogens with one attached hydrogen (secondary N) is 1. The fourth-order valence-electron chi connectivity index (χ4n) is 2.94. The summed E-state index contributed by atoms with van der Waals surface area (Å²) in [5, 5.41) is 3.46. The summed E-state index contributed by atoms with van der Waals surface area (Å²) >= 11 is 6.01. The SMILES string of the molecule is O=C(Nc1ncccc1OCc1ccncc1)c1cccc(OCc2cccc(Cl)c2)c1. The zero-order valence-electron chi connectivity index (χ0n) is 17.1. The number of benzene rings is 2. The number of rotatable bonds is 8. The molecule has 2 heterocycles. The Kier molecular flexibility index (Phi) is 6.94. The van der Waals surface area contributed by atoms with Gasteiger partial charge in [-0.2, -0.15) is 0 Å². The fraction of sp³-hybridized carbons (Fsp3) is 0.0800. The van der Waals surface area contributed by atoms with Gasteiger partial charge in [-0.15, -0.1) is 0 Å². The predicted octanol–water partition coefficient (Wildman–Crippen LogP) is 5.54. The number of aromatic nitrogens is 2. The van der Waals surface area contributed by atoms with Crippen molar-refractivity contribution in [2.45, 2.75) is 13.2 Å². The molecule has 0 bridgehead atoms. The van der Waals surface area contributed by atoms with Crippen LogP contribution in [0.1, 0.15) is 21.5 Å². The highest BCUT2D eigenvalue weighted by molar-refractivity contribution is 6.30. The molecule has 6 nitrogen and oxygen atoms in total. The van der Waals surface area contributed by atoms with Crippen LogP contribution in [0.2, 0.25) is 5.02 Å². The predicted molar refractivity (Wildman–Crippen MR) is 123 cm³/mol. The van der Waals surface area contributed by atoms with E-state index < -0.39 is 0 Å². The Bertz CT molecular complexity index is 1200.